The molecule has 194 valence electrons. The average Bonchev–Trinajstić information content (AvgIpc) is 3.13. The Hall–Kier alpha value is -4.08. The first-order valence-electron chi connectivity index (χ1n) is 11.6. The van der Waals surface area contributed by atoms with Gasteiger partial charge >= 0.3 is 0 Å². The van der Waals surface area contributed by atoms with Gasteiger partial charge in [0.15, 0.2) is 6.61 Å². The Kier molecular flexibility index (Phi) is 8.50. The number of thioether (sulfide) groups is 1. The molecule has 3 aromatic rings. The molecule has 0 bridgehead atoms. The minimum absolute atomic E-state index is 0.164. The summed E-state index contributed by atoms with van der Waals surface area (Å²) in [6, 6.07) is 19.3. The van der Waals surface area contributed by atoms with Gasteiger partial charge in [-0.25, -0.2) is 0 Å². The SMILES string of the molecule is Cc1cccc(NC(=O)COc2ccc(/C=C3/SC(=O)N(CC(=O)Nc4cc(Cl)ccc4C)C3=O)cc2)c1. The topological polar surface area (TPSA) is 105 Å². The van der Waals surface area contributed by atoms with Gasteiger partial charge in [0.1, 0.15) is 12.3 Å². The van der Waals surface area contributed by atoms with Gasteiger partial charge in [0.25, 0.3) is 17.1 Å². The van der Waals surface area contributed by atoms with Crippen molar-refractivity contribution in [2.24, 2.45) is 0 Å². The van der Waals surface area contributed by atoms with Crippen molar-refractivity contribution in [2.75, 3.05) is 23.8 Å². The second-order valence-corrected chi connectivity index (χ2v) is 9.98. The lowest BCUT2D eigenvalue weighted by Gasteiger charge is -2.13. The Balaban J connectivity index is 1.32. The van der Waals surface area contributed by atoms with Gasteiger partial charge in [-0.3, -0.25) is 24.1 Å². The van der Waals surface area contributed by atoms with E-state index >= 15 is 0 Å². The summed E-state index contributed by atoms with van der Waals surface area (Å²) < 4.78 is 5.54. The third-order valence-corrected chi connectivity index (χ3v) is 6.64. The van der Waals surface area contributed by atoms with Gasteiger partial charge in [-0.05, 0) is 84.8 Å². The maximum atomic E-state index is 12.8. The van der Waals surface area contributed by atoms with E-state index in [9.17, 15) is 19.2 Å². The molecule has 1 heterocycles. The molecule has 1 aliphatic rings. The highest BCUT2D eigenvalue weighted by atomic mass is 35.5. The van der Waals surface area contributed by atoms with Crippen LogP contribution in [0.4, 0.5) is 16.2 Å². The number of hydrogen-bond acceptors (Lipinski definition) is 6. The number of anilines is 2. The van der Waals surface area contributed by atoms with E-state index in [1.54, 1.807) is 54.6 Å². The van der Waals surface area contributed by atoms with E-state index in [0.29, 0.717) is 27.7 Å². The molecule has 1 aliphatic heterocycles. The Morgan fingerprint density at radius 2 is 1.74 bits per heavy atom. The van der Waals surface area contributed by atoms with Crippen LogP contribution in [0.1, 0.15) is 16.7 Å². The summed E-state index contributed by atoms with van der Waals surface area (Å²) in [5.74, 6) is -0.872. The smallest absolute Gasteiger partial charge is 0.294 e. The molecule has 0 saturated carbocycles. The molecule has 0 unspecified atom stereocenters. The first-order chi connectivity index (χ1) is 18.2. The lowest BCUT2D eigenvalue weighted by Crippen LogP contribution is -2.36. The molecule has 38 heavy (non-hydrogen) atoms. The summed E-state index contributed by atoms with van der Waals surface area (Å²) in [4.78, 5) is 50.9. The molecule has 0 atom stereocenters. The summed E-state index contributed by atoms with van der Waals surface area (Å²) in [6.07, 6.45) is 1.57. The molecule has 1 fully saturated rings. The molecule has 2 N–H and O–H groups in total. The van der Waals surface area contributed by atoms with Gasteiger partial charge in [-0.15, -0.1) is 0 Å². The van der Waals surface area contributed by atoms with Gasteiger partial charge in [-0.1, -0.05) is 41.9 Å². The molecule has 3 aromatic carbocycles. The van der Waals surface area contributed by atoms with Crippen LogP contribution in [0.3, 0.4) is 0 Å². The van der Waals surface area contributed by atoms with Crippen molar-refractivity contribution in [1.82, 2.24) is 4.90 Å². The van der Waals surface area contributed by atoms with Crippen LogP contribution in [0.15, 0.2) is 71.6 Å². The first kappa shape index (κ1) is 27.0. The molecule has 4 rings (SSSR count). The van der Waals surface area contributed by atoms with Crippen LogP contribution >= 0.6 is 23.4 Å². The van der Waals surface area contributed by atoms with E-state index in [2.05, 4.69) is 10.6 Å². The summed E-state index contributed by atoms with van der Waals surface area (Å²) >= 11 is 6.75. The van der Waals surface area contributed by atoms with Crippen LogP contribution in [0, 0.1) is 13.8 Å². The largest absolute Gasteiger partial charge is 0.484 e. The van der Waals surface area contributed by atoms with Crippen LogP contribution in [0.2, 0.25) is 5.02 Å². The van der Waals surface area contributed by atoms with Crippen LogP contribution < -0.4 is 15.4 Å². The van der Waals surface area contributed by atoms with E-state index in [1.807, 2.05) is 32.0 Å². The zero-order chi connectivity index (χ0) is 27.2. The fraction of sp³-hybridized carbons (Fsp3) is 0.143. The summed E-state index contributed by atoms with van der Waals surface area (Å²) in [7, 11) is 0. The summed E-state index contributed by atoms with van der Waals surface area (Å²) in [5, 5.41) is 5.39. The Labute approximate surface area is 229 Å². The second kappa shape index (κ2) is 12.0. The lowest BCUT2D eigenvalue weighted by molar-refractivity contribution is -0.127. The molecule has 0 spiro atoms. The zero-order valence-corrected chi connectivity index (χ0v) is 22.2. The first-order valence-corrected chi connectivity index (χ1v) is 12.8. The minimum Gasteiger partial charge on any atom is -0.484 e. The van der Waals surface area contributed by atoms with Crippen LogP contribution in [0.25, 0.3) is 6.08 Å². The number of carbonyl (C=O) groups excluding carboxylic acids is 4. The van der Waals surface area contributed by atoms with Crippen LogP contribution in [-0.4, -0.2) is 41.0 Å². The molecular weight excluding hydrogens is 526 g/mol. The van der Waals surface area contributed by atoms with E-state index < -0.39 is 23.6 Å². The number of carbonyl (C=O) groups is 4. The number of nitrogens with zero attached hydrogens (tertiary/aromatic N) is 1. The number of benzene rings is 3. The number of imide groups is 1. The van der Waals surface area contributed by atoms with Crippen molar-refractivity contribution in [2.45, 2.75) is 13.8 Å². The second-order valence-electron chi connectivity index (χ2n) is 8.55. The van der Waals surface area contributed by atoms with Crippen molar-refractivity contribution >= 4 is 63.8 Å². The molecule has 0 radical (unpaired) electrons. The number of halogens is 1. The molecular formula is C28H24ClN3O5S. The Morgan fingerprint density at radius 1 is 0.974 bits per heavy atom. The fourth-order valence-electron chi connectivity index (χ4n) is 3.58. The quantitative estimate of drug-likeness (QED) is 0.352. The summed E-state index contributed by atoms with van der Waals surface area (Å²) in [5.41, 5.74) is 3.70. The predicted molar refractivity (Wildman–Crippen MR) is 149 cm³/mol. The summed E-state index contributed by atoms with van der Waals surface area (Å²) in [6.45, 7) is 3.17. The van der Waals surface area contributed by atoms with Crippen molar-refractivity contribution in [3.05, 3.63) is 93.3 Å². The predicted octanol–water partition coefficient (Wildman–Crippen LogP) is 5.65. The lowest BCUT2D eigenvalue weighted by atomic mass is 10.2. The number of nitrogens with one attached hydrogen (secondary N) is 2. The van der Waals surface area contributed by atoms with Crippen molar-refractivity contribution in [3.8, 4) is 5.75 Å². The normalized spacial score (nSPS) is 14.1. The molecule has 1 saturated heterocycles. The molecule has 0 aromatic heterocycles. The van der Waals surface area contributed by atoms with Crippen LogP contribution in [0.5, 0.6) is 5.75 Å². The highest BCUT2D eigenvalue weighted by Crippen LogP contribution is 2.32. The number of rotatable bonds is 8. The van der Waals surface area contributed by atoms with Crippen LogP contribution in [-0.2, 0) is 14.4 Å². The number of hydrogen-bond donors (Lipinski definition) is 2. The Morgan fingerprint density at radius 3 is 2.47 bits per heavy atom. The van der Waals surface area contributed by atoms with Gasteiger partial charge in [-0.2, -0.15) is 0 Å². The van der Waals surface area contributed by atoms with E-state index in [-0.39, 0.29) is 17.4 Å². The van der Waals surface area contributed by atoms with Gasteiger partial charge < -0.3 is 15.4 Å². The van der Waals surface area contributed by atoms with E-state index in [0.717, 1.165) is 27.8 Å². The maximum absolute atomic E-state index is 12.8. The maximum Gasteiger partial charge on any atom is 0.294 e. The molecule has 10 heteroatoms. The van der Waals surface area contributed by atoms with Gasteiger partial charge in [0.05, 0.1) is 4.91 Å². The highest BCUT2D eigenvalue weighted by Gasteiger charge is 2.36. The molecule has 4 amide bonds. The van der Waals surface area contributed by atoms with Crippen molar-refractivity contribution < 1.29 is 23.9 Å². The van der Waals surface area contributed by atoms with E-state index in [4.69, 9.17) is 16.3 Å². The third kappa shape index (κ3) is 7.02. The average molecular weight is 550 g/mol. The Bertz CT molecular complexity index is 1440. The van der Waals surface area contributed by atoms with Gasteiger partial charge in [0.2, 0.25) is 5.91 Å². The number of amides is 4. The molecule has 8 nitrogen and oxygen atoms in total. The zero-order valence-electron chi connectivity index (χ0n) is 20.6. The minimum atomic E-state index is -0.550. The highest BCUT2D eigenvalue weighted by molar-refractivity contribution is 8.18. The standard InChI is InChI=1S/C28H24ClN3O5S/c1-17-4-3-5-21(12-17)30-26(34)16-37-22-10-7-19(8-11-22)13-24-27(35)32(28(36)38-24)15-25(33)31-23-14-20(29)9-6-18(23)2/h3-14H,15-16H2,1-2H3,(H,30,34)(H,31,33)/b24-13+. The third-order valence-electron chi connectivity index (χ3n) is 5.50. The monoisotopic (exact) mass is 549 g/mol. The fourth-order valence-corrected chi connectivity index (χ4v) is 4.59. The van der Waals surface area contributed by atoms with Gasteiger partial charge in [0, 0.05) is 16.4 Å². The molecule has 0 aliphatic carbocycles. The van der Waals surface area contributed by atoms with Crippen molar-refractivity contribution in [3.63, 3.8) is 0 Å². The van der Waals surface area contributed by atoms with Crippen molar-refractivity contribution in [1.29, 1.82) is 0 Å². The number of aryl methyl sites for hydroxylation is 2. The number of ether oxygens (including phenoxy) is 1. The van der Waals surface area contributed by atoms with E-state index in [1.165, 1.54) is 0 Å².